The molecule has 1 aliphatic heterocycles. The summed E-state index contributed by atoms with van der Waals surface area (Å²) in [7, 11) is 0. The maximum Gasteiger partial charge on any atom is 0.237 e. The first kappa shape index (κ1) is 14.0. The minimum Gasteiger partial charge on any atom is -0.396 e. The van der Waals surface area contributed by atoms with Gasteiger partial charge in [0.25, 0.3) is 0 Å². The van der Waals surface area contributed by atoms with E-state index in [4.69, 9.17) is 5.11 Å². The lowest BCUT2D eigenvalue weighted by atomic mass is 10.1. The quantitative estimate of drug-likeness (QED) is 0.832. The molecule has 1 aromatic carbocycles. The lowest BCUT2D eigenvalue weighted by molar-refractivity contribution is -0.125. The van der Waals surface area contributed by atoms with Crippen molar-refractivity contribution in [3.05, 3.63) is 35.9 Å². The number of benzene rings is 1. The number of hydrogen-bond donors (Lipinski definition) is 2. The second-order valence-corrected chi connectivity index (χ2v) is 5.21. The topological polar surface area (TPSA) is 52.6 Å². The first-order valence-corrected chi connectivity index (χ1v) is 6.87. The summed E-state index contributed by atoms with van der Waals surface area (Å²) >= 11 is 0. The van der Waals surface area contributed by atoms with Gasteiger partial charge in [-0.25, -0.2) is 0 Å². The lowest BCUT2D eigenvalue weighted by Gasteiger charge is -2.23. The van der Waals surface area contributed by atoms with Gasteiger partial charge in [-0.1, -0.05) is 30.3 Å². The van der Waals surface area contributed by atoms with Crippen LogP contribution in [0.25, 0.3) is 0 Å². The van der Waals surface area contributed by atoms with E-state index in [0.29, 0.717) is 12.5 Å². The van der Waals surface area contributed by atoms with Crippen molar-refractivity contribution >= 4 is 5.91 Å². The number of hydrogen-bond acceptors (Lipinski definition) is 3. The number of nitrogens with zero attached hydrogens (tertiary/aromatic N) is 1. The molecule has 1 amide bonds. The fourth-order valence-corrected chi connectivity index (χ4v) is 2.46. The van der Waals surface area contributed by atoms with Crippen molar-refractivity contribution in [3.8, 4) is 0 Å². The molecule has 2 unspecified atom stereocenters. The Hall–Kier alpha value is -1.39. The normalized spacial score (nSPS) is 21.3. The number of amides is 1. The molecule has 4 nitrogen and oxygen atoms in total. The van der Waals surface area contributed by atoms with Gasteiger partial charge in [0.15, 0.2) is 0 Å². The van der Waals surface area contributed by atoms with Gasteiger partial charge in [0.2, 0.25) is 5.91 Å². The molecular formula is C15H22N2O2. The molecular weight excluding hydrogens is 240 g/mol. The van der Waals surface area contributed by atoms with Gasteiger partial charge in [0.1, 0.15) is 0 Å². The number of likely N-dealkylation sites (tertiary alicyclic amines) is 1. The molecule has 19 heavy (non-hydrogen) atoms. The van der Waals surface area contributed by atoms with Crippen molar-refractivity contribution in [2.24, 2.45) is 5.92 Å². The summed E-state index contributed by atoms with van der Waals surface area (Å²) in [6.07, 6.45) is 0.979. The van der Waals surface area contributed by atoms with Crippen molar-refractivity contribution in [1.29, 1.82) is 0 Å². The van der Waals surface area contributed by atoms with E-state index in [2.05, 4.69) is 10.2 Å². The van der Waals surface area contributed by atoms with Gasteiger partial charge in [-0.15, -0.1) is 0 Å². The largest absolute Gasteiger partial charge is 0.396 e. The molecule has 0 saturated carbocycles. The summed E-state index contributed by atoms with van der Waals surface area (Å²) < 4.78 is 0. The number of rotatable bonds is 5. The average Bonchev–Trinajstić information content (AvgIpc) is 2.94. The zero-order chi connectivity index (χ0) is 13.7. The highest BCUT2D eigenvalue weighted by atomic mass is 16.3. The van der Waals surface area contributed by atoms with Gasteiger partial charge in [0, 0.05) is 19.7 Å². The predicted octanol–water partition coefficient (Wildman–Crippen LogP) is 1.01. The Morgan fingerprint density at radius 2 is 2.21 bits per heavy atom. The summed E-state index contributed by atoms with van der Waals surface area (Å²) in [5, 5.41) is 12.1. The fraction of sp³-hybridized carbons (Fsp3) is 0.533. The summed E-state index contributed by atoms with van der Waals surface area (Å²) in [5.41, 5.74) is 1.11. The summed E-state index contributed by atoms with van der Waals surface area (Å²) in [4.78, 5) is 14.2. The summed E-state index contributed by atoms with van der Waals surface area (Å²) in [5.74, 6) is 0.381. The molecule has 1 fully saturated rings. The van der Waals surface area contributed by atoms with Crippen molar-refractivity contribution < 1.29 is 9.90 Å². The van der Waals surface area contributed by atoms with Crippen LogP contribution >= 0.6 is 0 Å². The molecule has 1 aromatic rings. The number of nitrogens with one attached hydrogen (secondary N) is 1. The maximum absolute atomic E-state index is 12.1. The molecule has 2 atom stereocenters. The van der Waals surface area contributed by atoms with Gasteiger partial charge in [0.05, 0.1) is 6.04 Å². The van der Waals surface area contributed by atoms with Gasteiger partial charge < -0.3 is 10.4 Å². The minimum atomic E-state index is -0.125. The first-order chi connectivity index (χ1) is 9.20. The zero-order valence-electron chi connectivity index (χ0n) is 11.4. The van der Waals surface area contributed by atoms with Crippen LogP contribution in [0.1, 0.15) is 18.9 Å². The lowest BCUT2D eigenvalue weighted by Crippen LogP contribution is -2.43. The summed E-state index contributed by atoms with van der Waals surface area (Å²) in [6.45, 7) is 4.43. The van der Waals surface area contributed by atoms with Gasteiger partial charge in [-0.2, -0.15) is 0 Å². The smallest absolute Gasteiger partial charge is 0.237 e. The Balaban J connectivity index is 1.80. The molecule has 104 valence electrons. The Bertz CT molecular complexity index is 408. The highest BCUT2D eigenvalue weighted by molar-refractivity contribution is 5.81. The van der Waals surface area contributed by atoms with Crippen molar-refractivity contribution in [3.63, 3.8) is 0 Å². The second kappa shape index (κ2) is 6.68. The van der Waals surface area contributed by atoms with E-state index in [-0.39, 0.29) is 18.6 Å². The van der Waals surface area contributed by atoms with Gasteiger partial charge in [-0.3, -0.25) is 9.69 Å². The molecule has 0 radical (unpaired) electrons. The van der Waals surface area contributed by atoms with Gasteiger partial charge in [-0.05, 0) is 31.4 Å². The molecule has 1 heterocycles. The van der Waals surface area contributed by atoms with Crippen LogP contribution in [-0.4, -0.2) is 41.7 Å². The SMILES string of the molecule is CC(C(=O)NCc1ccccc1)N1CCC(CO)C1. The Morgan fingerprint density at radius 1 is 1.47 bits per heavy atom. The highest BCUT2D eigenvalue weighted by Crippen LogP contribution is 2.17. The molecule has 1 saturated heterocycles. The third-order valence-electron chi connectivity index (χ3n) is 3.81. The molecule has 0 aromatic heterocycles. The first-order valence-electron chi connectivity index (χ1n) is 6.87. The minimum absolute atomic E-state index is 0.0578. The second-order valence-electron chi connectivity index (χ2n) is 5.21. The van der Waals surface area contributed by atoms with Crippen LogP contribution in [0.2, 0.25) is 0 Å². The Morgan fingerprint density at radius 3 is 2.84 bits per heavy atom. The van der Waals surface area contributed by atoms with Crippen LogP contribution in [0, 0.1) is 5.92 Å². The van der Waals surface area contributed by atoms with E-state index in [1.807, 2.05) is 37.3 Å². The average molecular weight is 262 g/mol. The summed E-state index contributed by atoms with van der Waals surface area (Å²) in [6, 6.07) is 9.78. The van der Waals surface area contributed by atoms with E-state index >= 15 is 0 Å². The van der Waals surface area contributed by atoms with Crippen molar-refractivity contribution in [1.82, 2.24) is 10.2 Å². The number of carbonyl (C=O) groups excluding carboxylic acids is 1. The van der Waals surface area contributed by atoms with Gasteiger partial charge >= 0.3 is 0 Å². The monoisotopic (exact) mass is 262 g/mol. The molecule has 0 bridgehead atoms. The molecule has 0 spiro atoms. The van der Waals surface area contributed by atoms with E-state index < -0.39 is 0 Å². The van der Waals surface area contributed by atoms with Crippen molar-refractivity contribution in [2.75, 3.05) is 19.7 Å². The van der Waals surface area contributed by atoms with Crippen LogP contribution in [0.4, 0.5) is 0 Å². The van der Waals surface area contributed by atoms with E-state index in [0.717, 1.165) is 25.1 Å². The molecule has 2 N–H and O–H groups in total. The zero-order valence-corrected chi connectivity index (χ0v) is 11.4. The fourth-order valence-electron chi connectivity index (χ4n) is 2.46. The molecule has 1 aliphatic rings. The number of aliphatic hydroxyl groups excluding tert-OH is 1. The number of carbonyl (C=O) groups is 1. The van der Waals surface area contributed by atoms with Crippen LogP contribution in [0.3, 0.4) is 0 Å². The molecule has 2 rings (SSSR count). The van der Waals surface area contributed by atoms with Crippen LogP contribution in [0.5, 0.6) is 0 Å². The third kappa shape index (κ3) is 3.78. The molecule has 0 aliphatic carbocycles. The number of aliphatic hydroxyl groups is 1. The molecule has 4 heteroatoms. The van der Waals surface area contributed by atoms with Crippen LogP contribution in [-0.2, 0) is 11.3 Å². The Labute approximate surface area is 114 Å². The van der Waals surface area contributed by atoms with Crippen LogP contribution in [0.15, 0.2) is 30.3 Å². The Kier molecular flexibility index (Phi) is 4.93. The highest BCUT2D eigenvalue weighted by Gasteiger charge is 2.28. The van der Waals surface area contributed by atoms with Crippen molar-refractivity contribution in [2.45, 2.75) is 25.9 Å². The van der Waals surface area contributed by atoms with Crippen LogP contribution < -0.4 is 5.32 Å². The van der Waals surface area contributed by atoms with E-state index in [1.165, 1.54) is 0 Å². The third-order valence-corrected chi connectivity index (χ3v) is 3.81. The predicted molar refractivity (Wildman–Crippen MR) is 74.5 cm³/mol. The van der Waals surface area contributed by atoms with E-state index in [9.17, 15) is 4.79 Å². The standard InChI is InChI=1S/C15H22N2O2/c1-12(17-8-7-14(10-17)11-18)15(19)16-9-13-5-3-2-4-6-13/h2-6,12,14,18H,7-11H2,1H3,(H,16,19). The maximum atomic E-state index is 12.1. The van der Waals surface area contributed by atoms with E-state index in [1.54, 1.807) is 0 Å².